The third-order valence-electron chi connectivity index (χ3n) is 4.30. The molecule has 0 radical (unpaired) electrons. The number of hydrogen-bond donors (Lipinski definition) is 2. The van der Waals surface area contributed by atoms with Crippen molar-refractivity contribution in [1.82, 2.24) is 10.2 Å². The van der Waals surface area contributed by atoms with Crippen molar-refractivity contribution in [3.05, 3.63) is 0 Å². The smallest absolute Gasteiger partial charge is 0.0897 e. The molecule has 2 aliphatic rings. The van der Waals surface area contributed by atoms with Crippen LogP contribution in [0.1, 0.15) is 46.5 Å². The zero-order chi connectivity index (χ0) is 14.5. The molecular weight excluding hydrogens is 252 g/mol. The van der Waals surface area contributed by atoms with E-state index in [4.69, 9.17) is 4.74 Å². The minimum absolute atomic E-state index is 0.237. The zero-order valence-electron chi connectivity index (χ0n) is 13.3. The summed E-state index contributed by atoms with van der Waals surface area (Å²) >= 11 is 0. The average molecular weight is 284 g/mol. The molecule has 118 valence electrons. The largest absolute Gasteiger partial charge is 0.389 e. The van der Waals surface area contributed by atoms with Gasteiger partial charge in [0.05, 0.1) is 18.8 Å². The first-order valence-electron chi connectivity index (χ1n) is 8.31. The Morgan fingerprint density at radius 2 is 2.00 bits per heavy atom. The van der Waals surface area contributed by atoms with Crippen molar-refractivity contribution in [3.63, 3.8) is 0 Å². The number of nitrogens with zero attached hydrogens (tertiary/aromatic N) is 1. The fourth-order valence-electron chi connectivity index (χ4n) is 3.09. The third-order valence-corrected chi connectivity index (χ3v) is 4.30. The topological polar surface area (TPSA) is 44.7 Å². The summed E-state index contributed by atoms with van der Waals surface area (Å²) in [4.78, 5) is 2.59. The lowest BCUT2D eigenvalue weighted by molar-refractivity contribution is -0.00918. The maximum Gasteiger partial charge on any atom is 0.0897 e. The predicted octanol–water partition coefficient (Wildman–Crippen LogP) is 1.62. The summed E-state index contributed by atoms with van der Waals surface area (Å²) in [6.45, 7) is 9.96. The van der Waals surface area contributed by atoms with Gasteiger partial charge in [-0.15, -0.1) is 0 Å². The molecule has 0 aromatic heterocycles. The van der Waals surface area contributed by atoms with Crippen LogP contribution in [0, 0.1) is 5.92 Å². The fourth-order valence-corrected chi connectivity index (χ4v) is 3.09. The Kier molecular flexibility index (Phi) is 6.27. The van der Waals surface area contributed by atoms with Crippen LogP contribution >= 0.6 is 0 Å². The second-order valence-corrected chi connectivity index (χ2v) is 7.05. The lowest BCUT2D eigenvalue weighted by atomic mass is 10.1. The summed E-state index contributed by atoms with van der Waals surface area (Å²) in [6, 6.07) is 1.42. The Hall–Kier alpha value is -0.160. The van der Waals surface area contributed by atoms with Crippen molar-refractivity contribution in [1.29, 1.82) is 0 Å². The van der Waals surface area contributed by atoms with Crippen LogP contribution < -0.4 is 5.32 Å². The lowest BCUT2D eigenvalue weighted by Gasteiger charge is -2.20. The Morgan fingerprint density at radius 1 is 1.25 bits per heavy atom. The number of ether oxygens (including phenoxy) is 1. The number of rotatable bonds is 9. The molecule has 2 rings (SSSR count). The first-order valence-corrected chi connectivity index (χ1v) is 8.31. The van der Waals surface area contributed by atoms with Gasteiger partial charge in [0.2, 0.25) is 0 Å². The quantitative estimate of drug-likeness (QED) is 0.675. The zero-order valence-corrected chi connectivity index (χ0v) is 13.3. The molecule has 4 nitrogen and oxygen atoms in total. The van der Waals surface area contributed by atoms with Crippen molar-refractivity contribution in [3.8, 4) is 0 Å². The molecule has 1 saturated heterocycles. The minimum Gasteiger partial charge on any atom is -0.389 e. The minimum atomic E-state index is -0.389. The highest BCUT2D eigenvalue weighted by Gasteiger charge is 2.34. The van der Waals surface area contributed by atoms with E-state index in [9.17, 15) is 5.11 Å². The normalized spacial score (nSPS) is 27.1. The van der Waals surface area contributed by atoms with Crippen LogP contribution in [-0.2, 0) is 4.74 Å². The molecule has 0 bridgehead atoms. The van der Waals surface area contributed by atoms with Crippen LogP contribution in [0.4, 0.5) is 0 Å². The lowest BCUT2D eigenvalue weighted by Crippen LogP contribution is -2.39. The molecule has 0 amide bonds. The molecule has 0 aromatic rings. The highest BCUT2D eigenvalue weighted by molar-refractivity contribution is 4.91. The monoisotopic (exact) mass is 284 g/mol. The van der Waals surface area contributed by atoms with Gasteiger partial charge in [-0.3, -0.25) is 4.90 Å². The summed E-state index contributed by atoms with van der Waals surface area (Å²) < 4.78 is 5.70. The summed E-state index contributed by atoms with van der Waals surface area (Å²) in [5.74, 6) is 0.646. The Morgan fingerprint density at radius 3 is 2.65 bits per heavy atom. The molecule has 3 atom stereocenters. The SMILES string of the molecule is CC(C)CC(C)OCC(O)CNC1CCN(C2CC2)C1. The number of aliphatic hydroxyl groups excluding tert-OH is 1. The highest BCUT2D eigenvalue weighted by atomic mass is 16.5. The molecule has 2 N–H and O–H groups in total. The summed E-state index contributed by atoms with van der Waals surface area (Å²) in [5, 5.41) is 13.5. The van der Waals surface area contributed by atoms with Gasteiger partial charge in [0.15, 0.2) is 0 Å². The molecule has 1 saturated carbocycles. The van der Waals surface area contributed by atoms with Crippen LogP contribution in [0.5, 0.6) is 0 Å². The van der Waals surface area contributed by atoms with Gasteiger partial charge in [-0.1, -0.05) is 13.8 Å². The number of aliphatic hydroxyl groups is 1. The van der Waals surface area contributed by atoms with Crippen LogP contribution in [0.15, 0.2) is 0 Å². The first-order chi connectivity index (χ1) is 9.54. The van der Waals surface area contributed by atoms with E-state index < -0.39 is 0 Å². The summed E-state index contributed by atoms with van der Waals surface area (Å²) in [6.07, 6.45) is 4.89. The standard InChI is InChI=1S/C16H32N2O2/c1-12(2)8-13(3)20-11-16(19)9-17-14-6-7-18(10-14)15-4-5-15/h12-17,19H,4-11H2,1-3H3. The van der Waals surface area contributed by atoms with Gasteiger partial charge in [0.25, 0.3) is 0 Å². The van der Waals surface area contributed by atoms with Crippen molar-refractivity contribution in [2.75, 3.05) is 26.2 Å². The molecule has 1 aliphatic carbocycles. The third kappa shape index (κ3) is 5.68. The summed E-state index contributed by atoms with van der Waals surface area (Å²) in [5.41, 5.74) is 0. The number of likely N-dealkylation sites (tertiary alicyclic amines) is 1. The van der Waals surface area contributed by atoms with Gasteiger partial charge in [-0.05, 0) is 38.5 Å². The number of hydrogen-bond acceptors (Lipinski definition) is 4. The Balaban J connectivity index is 1.52. The Bertz CT molecular complexity index is 282. The van der Waals surface area contributed by atoms with Crippen molar-refractivity contribution < 1.29 is 9.84 Å². The highest BCUT2D eigenvalue weighted by Crippen LogP contribution is 2.29. The molecule has 1 heterocycles. The maximum atomic E-state index is 9.98. The maximum absolute atomic E-state index is 9.98. The molecule has 1 aliphatic heterocycles. The second-order valence-electron chi connectivity index (χ2n) is 7.05. The first kappa shape index (κ1) is 16.2. The molecule has 3 unspecified atom stereocenters. The van der Waals surface area contributed by atoms with E-state index >= 15 is 0 Å². The van der Waals surface area contributed by atoms with Crippen molar-refractivity contribution >= 4 is 0 Å². The van der Waals surface area contributed by atoms with Gasteiger partial charge in [-0.2, -0.15) is 0 Å². The fraction of sp³-hybridized carbons (Fsp3) is 1.00. The van der Waals surface area contributed by atoms with E-state index in [1.54, 1.807) is 0 Å². The molecule has 0 spiro atoms. The van der Waals surface area contributed by atoms with Gasteiger partial charge in [0, 0.05) is 31.7 Å². The van der Waals surface area contributed by atoms with Gasteiger partial charge in [-0.25, -0.2) is 0 Å². The van der Waals surface area contributed by atoms with Crippen LogP contribution in [-0.4, -0.2) is 60.5 Å². The molecule has 2 fully saturated rings. The van der Waals surface area contributed by atoms with Gasteiger partial charge < -0.3 is 15.2 Å². The van der Waals surface area contributed by atoms with E-state index in [0.29, 0.717) is 25.1 Å². The van der Waals surface area contributed by atoms with E-state index in [2.05, 4.69) is 31.0 Å². The summed E-state index contributed by atoms with van der Waals surface area (Å²) in [7, 11) is 0. The van der Waals surface area contributed by atoms with E-state index in [1.165, 1.54) is 25.8 Å². The van der Waals surface area contributed by atoms with Gasteiger partial charge >= 0.3 is 0 Å². The van der Waals surface area contributed by atoms with Crippen molar-refractivity contribution in [2.24, 2.45) is 5.92 Å². The second kappa shape index (κ2) is 7.74. The van der Waals surface area contributed by atoms with Crippen LogP contribution in [0.3, 0.4) is 0 Å². The molecular formula is C16H32N2O2. The van der Waals surface area contributed by atoms with E-state index in [0.717, 1.165) is 19.0 Å². The van der Waals surface area contributed by atoms with Crippen molar-refractivity contribution in [2.45, 2.75) is 70.7 Å². The molecule has 20 heavy (non-hydrogen) atoms. The molecule has 0 aromatic carbocycles. The van der Waals surface area contributed by atoms with Gasteiger partial charge in [0.1, 0.15) is 0 Å². The van der Waals surface area contributed by atoms with E-state index in [-0.39, 0.29) is 12.2 Å². The van der Waals surface area contributed by atoms with Crippen LogP contribution in [0.2, 0.25) is 0 Å². The predicted molar refractivity (Wildman–Crippen MR) is 81.9 cm³/mol. The Labute approximate surface area is 123 Å². The average Bonchev–Trinajstić information content (AvgIpc) is 3.13. The number of nitrogens with one attached hydrogen (secondary N) is 1. The van der Waals surface area contributed by atoms with Crippen LogP contribution in [0.25, 0.3) is 0 Å². The van der Waals surface area contributed by atoms with E-state index in [1.807, 2.05) is 0 Å². The molecule has 4 heteroatoms.